The second-order valence-electron chi connectivity index (χ2n) is 10.6. The molecule has 1 unspecified atom stereocenters. The van der Waals surface area contributed by atoms with E-state index in [-0.39, 0.29) is 23.7 Å². The van der Waals surface area contributed by atoms with Crippen LogP contribution in [0.4, 0.5) is 0 Å². The number of aromatic nitrogens is 2. The fraction of sp³-hybridized carbons (Fsp3) is 0.556. The highest BCUT2D eigenvalue weighted by atomic mass is 16.5. The number of piperidine rings is 1. The number of rotatable bonds is 9. The Morgan fingerprint density at radius 3 is 2.28 bits per heavy atom. The third-order valence-corrected chi connectivity index (χ3v) is 6.92. The van der Waals surface area contributed by atoms with Crippen LogP contribution >= 0.6 is 0 Å². The molecule has 1 aliphatic heterocycles. The fourth-order valence-corrected chi connectivity index (χ4v) is 4.73. The molecule has 1 aliphatic rings. The lowest BCUT2D eigenvalue weighted by molar-refractivity contribution is -0.138. The Balaban J connectivity index is 1.77. The second-order valence-corrected chi connectivity index (χ2v) is 10.6. The van der Waals surface area contributed by atoms with E-state index in [0.717, 1.165) is 24.2 Å². The summed E-state index contributed by atoms with van der Waals surface area (Å²) in [6, 6.07) is 5.88. The molecule has 196 valence electrons. The highest BCUT2D eigenvalue weighted by Crippen LogP contribution is 2.34. The van der Waals surface area contributed by atoms with Gasteiger partial charge in [-0.3, -0.25) is 14.4 Å². The van der Waals surface area contributed by atoms with Crippen molar-refractivity contribution < 1.29 is 19.1 Å². The van der Waals surface area contributed by atoms with Gasteiger partial charge in [-0.1, -0.05) is 32.9 Å². The minimum Gasteiger partial charge on any atom is -0.497 e. The zero-order chi connectivity index (χ0) is 26.3. The standard InChI is InChI=1S/C27H39N5O4/c1-18(33)30-23(15-21-16-28-17-29-21)25(34)31-24(14-19-6-8-22(36-5)9-7-19)26(35)32-12-10-20(11-13-32)27(2,3)4/h6-9,16-17,20,23-24H,10-15H2,1-5H3,(H,28,29)(H,30,33)(H,31,34)/t23-,24?/m0/s1. The Labute approximate surface area is 213 Å². The highest BCUT2D eigenvalue weighted by Gasteiger charge is 2.34. The summed E-state index contributed by atoms with van der Waals surface area (Å²) in [5.74, 6) is 0.442. The second kappa shape index (κ2) is 12.1. The first-order chi connectivity index (χ1) is 17.1. The molecule has 9 nitrogen and oxygen atoms in total. The van der Waals surface area contributed by atoms with Gasteiger partial charge in [0.25, 0.3) is 0 Å². The van der Waals surface area contributed by atoms with Crippen molar-refractivity contribution >= 4 is 17.7 Å². The van der Waals surface area contributed by atoms with Crippen molar-refractivity contribution in [1.82, 2.24) is 25.5 Å². The lowest BCUT2D eigenvalue weighted by atomic mass is 9.75. The fourth-order valence-electron chi connectivity index (χ4n) is 4.73. The molecule has 1 fully saturated rings. The Morgan fingerprint density at radius 2 is 1.75 bits per heavy atom. The smallest absolute Gasteiger partial charge is 0.245 e. The molecular formula is C27H39N5O4. The molecule has 0 spiro atoms. The molecule has 1 aromatic heterocycles. The summed E-state index contributed by atoms with van der Waals surface area (Å²) in [7, 11) is 1.60. The van der Waals surface area contributed by atoms with Crippen molar-refractivity contribution in [3.8, 4) is 5.75 Å². The molecule has 3 amide bonds. The lowest BCUT2D eigenvalue weighted by Gasteiger charge is -2.40. The van der Waals surface area contributed by atoms with E-state index in [4.69, 9.17) is 4.74 Å². The number of amides is 3. The average Bonchev–Trinajstić information content (AvgIpc) is 3.35. The molecular weight excluding hydrogens is 458 g/mol. The minimum atomic E-state index is -0.833. The zero-order valence-corrected chi connectivity index (χ0v) is 22.0. The van der Waals surface area contributed by atoms with Crippen LogP contribution in [0.2, 0.25) is 0 Å². The Hall–Kier alpha value is -3.36. The van der Waals surface area contributed by atoms with Gasteiger partial charge in [-0.25, -0.2) is 4.98 Å². The molecule has 0 aliphatic carbocycles. The largest absolute Gasteiger partial charge is 0.497 e. The van der Waals surface area contributed by atoms with E-state index in [1.807, 2.05) is 29.2 Å². The van der Waals surface area contributed by atoms with E-state index in [9.17, 15) is 14.4 Å². The van der Waals surface area contributed by atoms with Gasteiger partial charge >= 0.3 is 0 Å². The Kier molecular flexibility index (Phi) is 9.12. The van der Waals surface area contributed by atoms with E-state index in [0.29, 0.717) is 31.1 Å². The number of carbonyl (C=O) groups excluding carboxylic acids is 3. The van der Waals surface area contributed by atoms with Gasteiger partial charge in [0.15, 0.2) is 0 Å². The average molecular weight is 498 g/mol. The number of methoxy groups -OCH3 is 1. The number of imidazole rings is 1. The van der Waals surface area contributed by atoms with Crippen molar-refractivity contribution in [2.75, 3.05) is 20.2 Å². The molecule has 9 heteroatoms. The van der Waals surface area contributed by atoms with Gasteiger partial charge in [-0.05, 0) is 41.9 Å². The van der Waals surface area contributed by atoms with Crippen molar-refractivity contribution in [3.05, 3.63) is 48.0 Å². The van der Waals surface area contributed by atoms with E-state index >= 15 is 0 Å². The predicted molar refractivity (Wildman–Crippen MR) is 137 cm³/mol. The molecule has 1 aromatic carbocycles. The summed E-state index contributed by atoms with van der Waals surface area (Å²) in [5, 5.41) is 5.64. The van der Waals surface area contributed by atoms with Crippen LogP contribution in [0, 0.1) is 11.3 Å². The van der Waals surface area contributed by atoms with Gasteiger partial charge in [0.2, 0.25) is 17.7 Å². The molecule has 2 aromatic rings. The zero-order valence-electron chi connectivity index (χ0n) is 22.0. The van der Waals surface area contributed by atoms with E-state index in [2.05, 4.69) is 41.4 Å². The maximum Gasteiger partial charge on any atom is 0.245 e. The van der Waals surface area contributed by atoms with E-state index in [1.54, 1.807) is 13.3 Å². The van der Waals surface area contributed by atoms with Gasteiger partial charge in [0.1, 0.15) is 17.8 Å². The number of carbonyl (C=O) groups is 3. The molecule has 3 N–H and O–H groups in total. The minimum absolute atomic E-state index is 0.102. The van der Waals surface area contributed by atoms with Crippen LogP contribution in [-0.2, 0) is 27.2 Å². The number of ether oxygens (including phenoxy) is 1. The van der Waals surface area contributed by atoms with Crippen molar-refractivity contribution in [3.63, 3.8) is 0 Å². The molecule has 0 radical (unpaired) electrons. The predicted octanol–water partition coefficient (Wildman–Crippen LogP) is 2.48. The summed E-state index contributed by atoms with van der Waals surface area (Å²) in [5.41, 5.74) is 1.82. The van der Waals surface area contributed by atoms with Gasteiger partial charge < -0.3 is 25.3 Å². The van der Waals surface area contributed by atoms with Crippen molar-refractivity contribution in [2.24, 2.45) is 11.3 Å². The van der Waals surface area contributed by atoms with E-state index < -0.39 is 18.0 Å². The SMILES string of the molecule is COc1ccc(CC(NC(=O)[C@H](Cc2cnc[nH]2)NC(C)=O)C(=O)N2CCC(C(C)(C)C)CC2)cc1. The highest BCUT2D eigenvalue weighted by molar-refractivity contribution is 5.92. The van der Waals surface area contributed by atoms with Gasteiger partial charge in [0, 0.05) is 44.7 Å². The monoisotopic (exact) mass is 497 g/mol. The Bertz CT molecular complexity index is 1010. The number of likely N-dealkylation sites (tertiary alicyclic amines) is 1. The van der Waals surface area contributed by atoms with Crippen LogP contribution in [0.3, 0.4) is 0 Å². The summed E-state index contributed by atoms with van der Waals surface area (Å²) in [6.07, 6.45) is 5.59. The van der Waals surface area contributed by atoms with Gasteiger partial charge in [-0.2, -0.15) is 0 Å². The van der Waals surface area contributed by atoms with E-state index in [1.165, 1.54) is 13.3 Å². The van der Waals surface area contributed by atoms with Crippen molar-refractivity contribution in [2.45, 2.75) is 65.5 Å². The molecule has 0 bridgehead atoms. The van der Waals surface area contributed by atoms with Crippen LogP contribution in [-0.4, -0.2) is 64.9 Å². The first-order valence-corrected chi connectivity index (χ1v) is 12.5. The van der Waals surface area contributed by atoms with Crippen LogP contribution in [0.15, 0.2) is 36.8 Å². The number of nitrogens with zero attached hydrogens (tertiary/aromatic N) is 2. The number of aromatic amines is 1. The maximum atomic E-state index is 13.7. The summed E-state index contributed by atoms with van der Waals surface area (Å²) in [4.78, 5) is 47.6. The number of hydrogen-bond donors (Lipinski definition) is 3. The molecule has 2 atom stereocenters. The molecule has 1 saturated heterocycles. The van der Waals surface area contributed by atoms with Crippen LogP contribution in [0.5, 0.6) is 5.75 Å². The lowest BCUT2D eigenvalue weighted by Crippen LogP contribution is -2.56. The number of H-pyrrole nitrogens is 1. The normalized spacial score (nSPS) is 16.2. The molecule has 0 saturated carbocycles. The van der Waals surface area contributed by atoms with Gasteiger partial charge in [0.05, 0.1) is 13.4 Å². The summed E-state index contributed by atoms with van der Waals surface area (Å²) in [6.45, 7) is 9.42. The third kappa shape index (κ3) is 7.57. The van der Waals surface area contributed by atoms with Crippen LogP contribution < -0.4 is 15.4 Å². The molecule has 2 heterocycles. The number of benzene rings is 1. The summed E-state index contributed by atoms with van der Waals surface area (Å²) < 4.78 is 5.24. The van der Waals surface area contributed by atoms with Gasteiger partial charge in [-0.15, -0.1) is 0 Å². The quantitative estimate of drug-likeness (QED) is 0.492. The van der Waals surface area contributed by atoms with Crippen molar-refractivity contribution in [1.29, 1.82) is 0 Å². The van der Waals surface area contributed by atoms with Crippen LogP contribution in [0.1, 0.15) is 51.8 Å². The molecule has 3 rings (SSSR count). The number of nitrogens with one attached hydrogen (secondary N) is 3. The third-order valence-electron chi connectivity index (χ3n) is 6.92. The summed E-state index contributed by atoms with van der Waals surface area (Å²) >= 11 is 0. The topological polar surface area (TPSA) is 116 Å². The molecule has 36 heavy (non-hydrogen) atoms. The number of hydrogen-bond acceptors (Lipinski definition) is 5. The Morgan fingerprint density at radius 1 is 1.08 bits per heavy atom. The maximum absolute atomic E-state index is 13.7. The first kappa shape index (κ1) is 27.2. The first-order valence-electron chi connectivity index (χ1n) is 12.5. The van der Waals surface area contributed by atoms with Crippen LogP contribution in [0.25, 0.3) is 0 Å².